The van der Waals surface area contributed by atoms with Crippen LogP contribution >= 0.6 is 0 Å². The summed E-state index contributed by atoms with van der Waals surface area (Å²) < 4.78 is 24.5. The molecule has 3 aromatic heterocycles. The molecule has 0 aliphatic rings. The van der Waals surface area contributed by atoms with Gasteiger partial charge in [0.2, 0.25) is 0 Å². The van der Waals surface area contributed by atoms with E-state index in [1.807, 2.05) is 24.3 Å². The second-order valence-corrected chi connectivity index (χ2v) is 37.4. The molecule has 7 heteroatoms. The molecule has 3 heterocycles. The number of nitrogens with zero attached hydrogens (tertiary/aromatic N) is 3. The Morgan fingerprint density at radius 1 is 0.183 bits per heavy atom. The quantitative estimate of drug-likeness (QED) is 0.0900. The summed E-state index contributed by atoms with van der Waals surface area (Å²) in [6.45, 7) is 6.75. The molecule has 0 fully saturated rings. The molecule has 0 N–H and O–H groups in total. The highest BCUT2D eigenvalue weighted by atomic mass is 16.5. The molecule has 0 atom stereocenters. The lowest BCUT2D eigenvalue weighted by atomic mass is 9.86. The Morgan fingerprint density at radius 3 is 1.12 bits per heavy atom. The Morgan fingerprint density at radius 2 is 0.535 bits per heavy atom. The molecule has 0 spiro atoms. The third-order valence-electron chi connectivity index (χ3n) is 27.6. The molecule has 142 heavy (non-hydrogen) atoms. The standard InChI is InChI=1S/C49H33NO2.C46H31NO.C40H33NO/c1-51-42-26-20-34(21-27-42)33-17-23-39(24-18-33)50(41-25-19-32-9-2-3-11-36(32)29-41)40-14-8-13-38(30-40)47-44-16-7-5-12-37(44)31-46-49(47)48-43-15-6-4-10-35(43)22-28-45(48)52-46;1-3-9-32(10-4-1)34-15-23-39(24-16-34)47(40-25-17-35(18-26-40)33-11-5-2-6-12-33)41-27-19-36(20-28-41)37-21-29-42-38(31-37)22-30-44-43-13-7-8-14-45(43)48-46(42)44;1-40(2,3)32-20-24-39-37(27-32)36-26-31(19-23-38(36)42-39)29-17-21-34(22-18-29)41(33-14-8-5-9-15-33)35-16-10-13-30(25-35)28-11-6-4-7-12-28/h2-31H,1H3;1-31H;4-27H,1-3H3. The molecule has 0 amide bonds. The van der Waals surface area contributed by atoms with Crippen molar-refractivity contribution in [1.29, 1.82) is 0 Å². The first-order chi connectivity index (χ1) is 69.9. The maximum Gasteiger partial charge on any atom is 0.143 e. The molecule has 0 saturated heterocycles. The fourth-order valence-electron chi connectivity index (χ4n) is 20.3. The second kappa shape index (κ2) is 37.3. The Labute approximate surface area is 825 Å². The number of hydrogen-bond donors (Lipinski definition) is 0. The first-order valence-corrected chi connectivity index (χ1v) is 48.5. The van der Waals surface area contributed by atoms with Crippen molar-refractivity contribution in [2.24, 2.45) is 0 Å². The monoisotopic (exact) mass is 1820 g/mol. The fraction of sp³-hybridized carbons (Fsp3) is 0.0370. The topological polar surface area (TPSA) is 58.4 Å². The molecule has 0 bridgehead atoms. The van der Waals surface area contributed by atoms with Crippen molar-refractivity contribution in [1.82, 2.24) is 0 Å². The minimum Gasteiger partial charge on any atom is -0.497 e. The first kappa shape index (κ1) is 86.5. The maximum atomic E-state index is 6.63. The van der Waals surface area contributed by atoms with E-state index in [-0.39, 0.29) is 5.41 Å². The van der Waals surface area contributed by atoms with Crippen molar-refractivity contribution in [3.63, 3.8) is 0 Å². The van der Waals surface area contributed by atoms with Crippen LogP contribution in [0.25, 0.3) is 187 Å². The van der Waals surface area contributed by atoms with Crippen LogP contribution in [0.1, 0.15) is 26.3 Å². The van der Waals surface area contributed by atoms with E-state index in [4.69, 9.17) is 18.0 Å². The lowest BCUT2D eigenvalue weighted by Gasteiger charge is -2.27. The van der Waals surface area contributed by atoms with E-state index >= 15 is 0 Å². The number of furan rings is 3. The van der Waals surface area contributed by atoms with Crippen LogP contribution in [0.15, 0.2) is 529 Å². The summed E-state index contributed by atoms with van der Waals surface area (Å²) in [6, 6.07) is 184. The van der Waals surface area contributed by atoms with Crippen LogP contribution in [0.4, 0.5) is 51.2 Å². The molecule has 0 radical (unpaired) electrons. The Balaban J connectivity index is 0.000000116. The van der Waals surface area contributed by atoms with Crippen LogP contribution in [0.3, 0.4) is 0 Å². The fourth-order valence-corrected chi connectivity index (χ4v) is 20.3. The van der Waals surface area contributed by atoms with Gasteiger partial charge in [0.1, 0.15) is 39.2 Å². The molecule has 7 nitrogen and oxygen atoms in total. The van der Waals surface area contributed by atoms with Gasteiger partial charge in [0.15, 0.2) is 0 Å². The highest BCUT2D eigenvalue weighted by molar-refractivity contribution is 6.27. The SMILES string of the molecule is CC(C)(C)c1ccc2oc3ccc(-c4ccc(N(c5ccccc5)c5cccc(-c6ccccc6)c5)cc4)cc3c2c1.COc1ccc(-c2ccc(N(c3cccc(-c4c5ccccc5cc5oc6ccc7ccccc7c6c45)c3)c3ccc4ccccc4c3)cc2)cc1.c1ccc(-c2ccc(N(c3ccc(-c4ccccc4)cc3)c3ccc(-c4ccc5c(ccc6c7ccccc7oc56)c4)cc3)cc2)cc1. The highest BCUT2D eigenvalue weighted by Crippen LogP contribution is 2.49. The van der Waals surface area contributed by atoms with Crippen LogP contribution in [0.5, 0.6) is 5.75 Å². The van der Waals surface area contributed by atoms with Crippen molar-refractivity contribution in [2.45, 2.75) is 26.2 Å². The van der Waals surface area contributed by atoms with E-state index in [0.717, 1.165) is 145 Å². The van der Waals surface area contributed by atoms with E-state index in [1.54, 1.807) is 7.11 Å². The number of fused-ring (bicyclic) bond motifs is 15. The van der Waals surface area contributed by atoms with E-state index in [2.05, 4.69) is 527 Å². The molecule has 0 saturated carbocycles. The van der Waals surface area contributed by atoms with Gasteiger partial charge in [-0.15, -0.1) is 0 Å². The molecule has 0 aliphatic carbocycles. The average molecular weight is 1830 g/mol. The third kappa shape index (κ3) is 16.9. The average Bonchev–Trinajstić information content (AvgIpc) is 1.55. The summed E-state index contributed by atoms with van der Waals surface area (Å²) >= 11 is 0. The van der Waals surface area contributed by atoms with E-state index in [0.29, 0.717) is 0 Å². The predicted molar refractivity (Wildman–Crippen MR) is 599 cm³/mol. The van der Waals surface area contributed by atoms with Crippen molar-refractivity contribution < 1.29 is 18.0 Å². The van der Waals surface area contributed by atoms with Gasteiger partial charge in [-0.3, -0.25) is 0 Å². The van der Waals surface area contributed by atoms with Gasteiger partial charge in [-0.1, -0.05) is 354 Å². The lowest BCUT2D eigenvalue weighted by Crippen LogP contribution is -2.10. The highest BCUT2D eigenvalue weighted by Gasteiger charge is 2.25. The van der Waals surface area contributed by atoms with Gasteiger partial charge in [-0.25, -0.2) is 0 Å². The van der Waals surface area contributed by atoms with Crippen LogP contribution in [-0.4, -0.2) is 7.11 Å². The van der Waals surface area contributed by atoms with Gasteiger partial charge in [-0.2, -0.15) is 0 Å². The van der Waals surface area contributed by atoms with Crippen LogP contribution in [0.2, 0.25) is 0 Å². The van der Waals surface area contributed by atoms with Crippen LogP contribution in [0, 0.1) is 0 Å². The summed E-state index contributed by atoms with van der Waals surface area (Å²) in [5.41, 5.74) is 33.3. The largest absolute Gasteiger partial charge is 0.497 e. The summed E-state index contributed by atoms with van der Waals surface area (Å²) in [5, 5.41) is 16.4. The van der Waals surface area contributed by atoms with E-state index < -0.39 is 0 Å². The van der Waals surface area contributed by atoms with Gasteiger partial charge in [0.05, 0.1) is 7.11 Å². The Bertz CT molecular complexity index is 9040. The molecular formula is C135H97N3O4. The number of anilines is 9. The third-order valence-corrected chi connectivity index (χ3v) is 27.6. The minimum absolute atomic E-state index is 0.0798. The van der Waals surface area contributed by atoms with Crippen LogP contribution in [-0.2, 0) is 5.41 Å². The van der Waals surface area contributed by atoms with Crippen molar-refractivity contribution in [2.75, 3.05) is 21.8 Å². The number of rotatable bonds is 17. The van der Waals surface area contributed by atoms with Crippen molar-refractivity contribution in [3.8, 4) is 83.6 Å². The molecule has 23 aromatic carbocycles. The van der Waals surface area contributed by atoms with E-state index in [9.17, 15) is 0 Å². The summed E-state index contributed by atoms with van der Waals surface area (Å²) in [6.07, 6.45) is 0. The Hall–Kier alpha value is -18.3. The molecule has 0 unspecified atom stereocenters. The molecule has 26 aromatic rings. The van der Waals surface area contributed by atoms with Crippen molar-refractivity contribution in [3.05, 3.63) is 521 Å². The zero-order valence-electron chi connectivity index (χ0n) is 79.0. The van der Waals surface area contributed by atoms with Gasteiger partial charge >= 0.3 is 0 Å². The number of methoxy groups -OCH3 is 1. The number of hydrogen-bond acceptors (Lipinski definition) is 7. The summed E-state index contributed by atoms with van der Waals surface area (Å²) in [7, 11) is 1.70. The van der Waals surface area contributed by atoms with Gasteiger partial charge in [-0.05, 0) is 303 Å². The molecule has 26 rings (SSSR count). The molecule has 676 valence electrons. The van der Waals surface area contributed by atoms with E-state index in [1.165, 1.54) is 104 Å². The number of ether oxygens (including phenoxy) is 1. The predicted octanol–water partition coefficient (Wildman–Crippen LogP) is 38.8. The zero-order chi connectivity index (χ0) is 95.1. The Kier molecular flexibility index (Phi) is 22.7. The molecule has 0 aliphatic heterocycles. The van der Waals surface area contributed by atoms with Crippen molar-refractivity contribution >= 4 is 160 Å². The number of para-hydroxylation sites is 2. The summed E-state index contributed by atoms with van der Waals surface area (Å²) in [4.78, 5) is 7.00. The van der Waals surface area contributed by atoms with Gasteiger partial charge < -0.3 is 32.7 Å². The summed E-state index contributed by atoms with van der Waals surface area (Å²) in [5.74, 6) is 0.850. The van der Waals surface area contributed by atoms with Crippen LogP contribution < -0.4 is 19.4 Å². The maximum absolute atomic E-state index is 6.63. The second-order valence-electron chi connectivity index (χ2n) is 37.4. The zero-order valence-corrected chi connectivity index (χ0v) is 79.0. The molecular weight excluding hydrogens is 1730 g/mol. The smallest absolute Gasteiger partial charge is 0.143 e. The lowest BCUT2D eigenvalue weighted by molar-refractivity contribution is 0.415. The first-order valence-electron chi connectivity index (χ1n) is 48.5. The normalized spacial score (nSPS) is 11.5. The minimum atomic E-state index is 0.0798. The van der Waals surface area contributed by atoms with Gasteiger partial charge in [0, 0.05) is 94.5 Å². The number of benzene rings is 23. The van der Waals surface area contributed by atoms with Gasteiger partial charge in [0.25, 0.3) is 0 Å².